The fraction of sp³-hybridized carbons (Fsp3) is 0.286. The number of aromatic nitrogens is 2. The van der Waals surface area contributed by atoms with Gasteiger partial charge in [0.2, 0.25) is 17.6 Å². The van der Waals surface area contributed by atoms with Gasteiger partial charge < -0.3 is 21.1 Å². The fourth-order valence-electron chi connectivity index (χ4n) is 1.91. The number of anilines is 4. The second kappa shape index (κ2) is 8.27. The summed E-state index contributed by atoms with van der Waals surface area (Å²) < 4.78 is 4.95. The average molecular weight is 353 g/mol. The van der Waals surface area contributed by atoms with Crippen molar-refractivity contribution in [3.8, 4) is 0 Å². The number of nitrogen functional groups attached to an aromatic ring is 1. The Kier molecular flexibility index (Phi) is 6.10. The molecular weight excluding hydrogens is 336 g/mol. The zero-order valence-corrected chi connectivity index (χ0v) is 13.7. The molecule has 0 aliphatic carbocycles. The summed E-state index contributed by atoms with van der Waals surface area (Å²) in [5, 5.41) is 17.6. The predicted molar refractivity (Wildman–Crippen MR) is 92.8 cm³/mol. The maximum Gasteiger partial charge on any atom is 0.353 e. The molecular formula is C14H17ClN6O3. The zero-order valence-electron chi connectivity index (χ0n) is 13.0. The minimum atomic E-state index is -0.623. The lowest BCUT2D eigenvalue weighted by atomic mass is 10.3. The van der Waals surface area contributed by atoms with Gasteiger partial charge in [-0.15, -0.1) is 0 Å². The van der Waals surface area contributed by atoms with Gasteiger partial charge in [-0.3, -0.25) is 10.1 Å². The van der Waals surface area contributed by atoms with Crippen molar-refractivity contribution in [1.29, 1.82) is 0 Å². The molecule has 9 nitrogen and oxygen atoms in total. The number of hydrogen-bond acceptors (Lipinski definition) is 8. The highest BCUT2D eigenvalue weighted by molar-refractivity contribution is 6.30. The Balaban J connectivity index is 2.26. The Morgan fingerprint density at radius 3 is 2.67 bits per heavy atom. The molecule has 0 bridgehead atoms. The summed E-state index contributed by atoms with van der Waals surface area (Å²) in [6, 6.07) is 6.67. The van der Waals surface area contributed by atoms with Crippen molar-refractivity contribution in [2.45, 2.75) is 6.42 Å². The molecule has 0 saturated carbocycles. The van der Waals surface area contributed by atoms with Gasteiger partial charge in [0.25, 0.3) is 0 Å². The van der Waals surface area contributed by atoms with Crippen LogP contribution in [0.1, 0.15) is 6.42 Å². The number of nitrogens with zero attached hydrogens (tertiary/aromatic N) is 3. The van der Waals surface area contributed by atoms with E-state index in [0.29, 0.717) is 23.9 Å². The Labute approximate surface area is 143 Å². The summed E-state index contributed by atoms with van der Waals surface area (Å²) in [6.45, 7) is 1.12. The molecule has 1 aromatic carbocycles. The van der Waals surface area contributed by atoms with E-state index < -0.39 is 4.92 Å². The minimum Gasteiger partial charge on any atom is -0.385 e. The van der Waals surface area contributed by atoms with E-state index in [1.165, 1.54) is 0 Å². The fourth-order valence-corrected chi connectivity index (χ4v) is 2.03. The third-order valence-electron chi connectivity index (χ3n) is 3.01. The summed E-state index contributed by atoms with van der Waals surface area (Å²) in [5.41, 5.74) is 5.92. The number of rotatable bonds is 8. The summed E-state index contributed by atoms with van der Waals surface area (Å²) in [5.74, 6) is -0.0181. The maximum absolute atomic E-state index is 11.2. The summed E-state index contributed by atoms with van der Waals surface area (Å²) >= 11 is 5.83. The molecule has 128 valence electrons. The van der Waals surface area contributed by atoms with Crippen LogP contribution in [0.15, 0.2) is 24.3 Å². The topological polar surface area (TPSA) is 128 Å². The Hall–Kier alpha value is -2.65. The number of nitrogens with one attached hydrogen (secondary N) is 2. The molecule has 4 N–H and O–H groups in total. The molecule has 0 spiro atoms. The van der Waals surface area contributed by atoms with Gasteiger partial charge in [0.1, 0.15) is 0 Å². The quantitative estimate of drug-likeness (QED) is 0.376. The van der Waals surface area contributed by atoms with E-state index in [4.69, 9.17) is 22.1 Å². The first-order valence-corrected chi connectivity index (χ1v) is 7.46. The molecule has 0 aliphatic rings. The van der Waals surface area contributed by atoms with E-state index in [9.17, 15) is 10.1 Å². The number of nitrogens with two attached hydrogens (primary N) is 1. The smallest absolute Gasteiger partial charge is 0.353 e. The van der Waals surface area contributed by atoms with E-state index in [0.717, 1.165) is 6.42 Å². The van der Waals surface area contributed by atoms with Crippen LogP contribution >= 0.6 is 11.6 Å². The number of methoxy groups -OCH3 is 1. The van der Waals surface area contributed by atoms with Crippen molar-refractivity contribution in [1.82, 2.24) is 9.97 Å². The van der Waals surface area contributed by atoms with Gasteiger partial charge in [-0.25, -0.2) is 0 Å². The molecule has 0 atom stereocenters. The van der Waals surface area contributed by atoms with Gasteiger partial charge in [-0.2, -0.15) is 9.97 Å². The van der Waals surface area contributed by atoms with Crippen molar-refractivity contribution in [3.05, 3.63) is 39.4 Å². The van der Waals surface area contributed by atoms with Crippen LogP contribution in [0.5, 0.6) is 0 Å². The van der Waals surface area contributed by atoms with Crippen LogP contribution in [0, 0.1) is 10.1 Å². The first kappa shape index (κ1) is 17.7. The Bertz CT molecular complexity index is 710. The van der Waals surface area contributed by atoms with Crippen LogP contribution in [0.2, 0.25) is 5.02 Å². The highest BCUT2D eigenvalue weighted by Crippen LogP contribution is 2.31. The van der Waals surface area contributed by atoms with Crippen LogP contribution in [0.4, 0.5) is 29.0 Å². The first-order valence-electron chi connectivity index (χ1n) is 7.08. The normalized spacial score (nSPS) is 10.4. The number of halogens is 1. The van der Waals surface area contributed by atoms with Crippen LogP contribution in [0.3, 0.4) is 0 Å². The van der Waals surface area contributed by atoms with Crippen molar-refractivity contribution >= 4 is 40.6 Å². The lowest BCUT2D eigenvalue weighted by molar-refractivity contribution is -0.383. The zero-order chi connectivity index (χ0) is 17.5. The lowest BCUT2D eigenvalue weighted by Crippen LogP contribution is -2.12. The molecule has 0 radical (unpaired) electrons. The number of nitro groups is 1. The summed E-state index contributed by atoms with van der Waals surface area (Å²) in [6.07, 6.45) is 0.733. The van der Waals surface area contributed by atoms with E-state index in [1.54, 1.807) is 31.4 Å². The summed E-state index contributed by atoms with van der Waals surface area (Å²) in [4.78, 5) is 18.7. The monoisotopic (exact) mass is 352 g/mol. The number of hydrogen-bond donors (Lipinski definition) is 3. The first-order chi connectivity index (χ1) is 11.5. The number of ether oxygens (including phenoxy) is 1. The van der Waals surface area contributed by atoms with Crippen LogP contribution in [0.25, 0.3) is 0 Å². The van der Waals surface area contributed by atoms with Crippen molar-refractivity contribution in [2.24, 2.45) is 0 Å². The second-order valence-corrected chi connectivity index (χ2v) is 5.23. The molecule has 1 aromatic heterocycles. The van der Waals surface area contributed by atoms with Gasteiger partial charge in [0, 0.05) is 31.0 Å². The molecule has 0 amide bonds. The summed E-state index contributed by atoms with van der Waals surface area (Å²) in [7, 11) is 1.61. The lowest BCUT2D eigenvalue weighted by Gasteiger charge is -2.10. The van der Waals surface area contributed by atoms with Gasteiger partial charge in [-0.05, 0) is 30.7 Å². The largest absolute Gasteiger partial charge is 0.385 e. The highest BCUT2D eigenvalue weighted by atomic mass is 35.5. The van der Waals surface area contributed by atoms with E-state index in [-0.39, 0.29) is 23.3 Å². The number of benzene rings is 1. The van der Waals surface area contributed by atoms with Gasteiger partial charge in [-0.1, -0.05) is 11.6 Å². The molecule has 0 unspecified atom stereocenters. The standard InChI is InChI=1S/C14H17ClN6O3/c1-24-8-2-7-17-14-19-12(16)11(21(22)23)13(20-14)18-10-5-3-9(15)4-6-10/h3-6H,2,7-8H2,1H3,(H4,16,17,18,19,20). The molecule has 10 heteroatoms. The molecule has 0 aliphatic heterocycles. The van der Waals surface area contributed by atoms with E-state index in [1.807, 2.05) is 0 Å². The molecule has 24 heavy (non-hydrogen) atoms. The second-order valence-electron chi connectivity index (χ2n) is 4.79. The minimum absolute atomic E-state index is 0.00376. The molecule has 2 rings (SSSR count). The van der Waals surface area contributed by atoms with E-state index in [2.05, 4.69) is 20.6 Å². The van der Waals surface area contributed by atoms with Crippen LogP contribution < -0.4 is 16.4 Å². The maximum atomic E-state index is 11.2. The SMILES string of the molecule is COCCCNc1nc(N)c([N+](=O)[O-])c(Nc2ccc(Cl)cc2)n1. The molecule has 1 heterocycles. The molecule has 0 saturated heterocycles. The van der Waals surface area contributed by atoms with Crippen molar-refractivity contribution in [3.63, 3.8) is 0 Å². The Morgan fingerprint density at radius 2 is 2.04 bits per heavy atom. The third-order valence-corrected chi connectivity index (χ3v) is 3.26. The highest BCUT2D eigenvalue weighted by Gasteiger charge is 2.23. The molecule has 2 aromatic rings. The van der Waals surface area contributed by atoms with Gasteiger partial charge in [0.15, 0.2) is 0 Å². The third kappa shape index (κ3) is 4.67. The van der Waals surface area contributed by atoms with Crippen molar-refractivity contribution < 1.29 is 9.66 Å². The van der Waals surface area contributed by atoms with Gasteiger partial charge >= 0.3 is 5.69 Å². The average Bonchev–Trinajstić information content (AvgIpc) is 2.53. The van der Waals surface area contributed by atoms with Crippen LogP contribution in [-0.2, 0) is 4.74 Å². The molecule has 0 fully saturated rings. The Morgan fingerprint density at radius 1 is 1.33 bits per heavy atom. The predicted octanol–water partition coefficient (Wildman–Crippen LogP) is 2.81. The van der Waals surface area contributed by atoms with Crippen molar-refractivity contribution in [2.75, 3.05) is 36.6 Å². The van der Waals surface area contributed by atoms with E-state index >= 15 is 0 Å². The van der Waals surface area contributed by atoms with Gasteiger partial charge in [0.05, 0.1) is 4.92 Å². The van der Waals surface area contributed by atoms with Crippen LogP contribution in [-0.4, -0.2) is 35.2 Å².